The first-order chi connectivity index (χ1) is 15.4. The van der Waals surface area contributed by atoms with Crippen LogP contribution in [0.3, 0.4) is 0 Å². The highest BCUT2D eigenvalue weighted by Crippen LogP contribution is 2.17. The lowest BCUT2D eigenvalue weighted by Gasteiger charge is -2.34. The summed E-state index contributed by atoms with van der Waals surface area (Å²) in [5, 5.41) is 6.11. The zero-order valence-electron chi connectivity index (χ0n) is 19.1. The third-order valence-corrected chi connectivity index (χ3v) is 6.22. The average molecular weight is 457 g/mol. The van der Waals surface area contributed by atoms with Crippen molar-refractivity contribution in [2.75, 3.05) is 38.0 Å². The van der Waals surface area contributed by atoms with Crippen LogP contribution in [0.4, 0.5) is 5.69 Å². The minimum atomic E-state index is -0.673. The number of carbonyl (C=O) groups excluding carboxylic acids is 2. The van der Waals surface area contributed by atoms with E-state index in [2.05, 4.69) is 39.5 Å². The van der Waals surface area contributed by atoms with E-state index in [0.29, 0.717) is 16.3 Å². The van der Waals surface area contributed by atoms with Crippen LogP contribution in [-0.4, -0.2) is 60.4 Å². The number of hydrogen-bond acceptors (Lipinski definition) is 4. The van der Waals surface area contributed by atoms with Gasteiger partial charge in [0.05, 0.1) is 10.6 Å². The molecule has 1 aliphatic rings. The number of rotatable bonds is 8. The van der Waals surface area contributed by atoms with E-state index in [9.17, 15) is 9.59 Å². The Morgan fingerprint density at radius 3 is 2.19 bits per heavy atom. The quantitative estimate of drug-likeness (QED) is 0.632. The van der Waals surface area contributed by atoms with Gasteiger partial charge in [0.25, 0.3) is 5.91 Å². The van der Waals surface area contributed by atoms with E-state index in [-0.39, 0.29) is 17.7 Å². The molecular weight excluding hydrogens is 424 g/mol. The van der Waals surface area contributed by atoms with Gasteiger partial charge in [0.1, 0.15) is 6.04 Å². The van der Waals surface area contributed by atoms with Crippen LogP contribution >= 0.6 is 11.6 Å². The van der Waals surface area contributed by atoms with Gasteiger partial charge in [-0.1, -0.05) is 56.6 Å². The predicted octanol–water partition coefficient (Wildman–Crippen LogP) is 3.87. The Hall–Kier alpha value is -2.41. The molecule has 0 radical (unpaired) electrons. The summed E-state index contributed by atoms with van der Waals surface area (Å²) in [5.74, 6) is -0.686. The number of carbonyl (C=O) groups is 2. The van der Waals surface area contributed by atoms with Crippen molar-refractivity contribution in [2.45, 2.75) is 33.4 Å². The van der Waals surface area contributed by atoms with Crippen molar-refractivity contribution in [2.24, 2.45) is 5.92 Å². The fraction of sp³-hybridized carbons (Fsp3) is 0.440. The molecule has 0 spiro atoms. The zero-order valence-corrected chi connectivity index (χ0v) is 19.9. The first-order valence-electron chi connectivity index (χ1n) is 11.3. The lowest BCUT2D eigenvalue weighted by atomic mass is 10.0. The Labute approximate surface area is 195 Å². The molecule has 32 heavy (non-hydrogen) atoms. The predicted molar refractivity (Wildman–Crippen MR) is 130 cm³/mol. The van der Waals surface area contributed by atoms with Crippen molar-refractivity contribution in [1.29, 1.82) is 0 Å². The van der Waals surface area contributed by atoms with Gasteiger partial charge in [-0.25, -0.2) is 0 Å². The number of halogens is 1. The number of nitrogens with zero attached hydrogens (tertiary/aromatic N) is 2. The fourth-order valence-electron chi connectivity index (χ4n) is 3.83. The SMILES string of the molecule is CCN1CCN(Cc2ccc(NC(=O)C(NC(=O)c3ccccc3Cl)C(C)C)cc2)CC1. The van der Waals surface area contributed by atoms with Crippen molar-refractivity contribution in [3.05, 3.63) is 64.7 Å². The molecule has 7 heteroatoms. The van der Waals surface area contributed by atoms with Crippen LogP contribution in [0.2, 0.25) is 5.02 Å². The van der Waals surface area contributed by atoms with E-state index in [1.807, 2.05) is 26.0 Å². The molecule has 2 aromatic rings. The summed E-state index contributed by atoms with van der Waals surface area (Å²) in [7, 11) is 0. The summed E-state index contributed by atoms with van der Waals surface area (Å²) < 4.78 is 0. The van der Waals surface area contributed by atoms with Crippen molar-refractivity contribution < 1.29 is 9.59 Å². The maximum atomic E-state index is 12.9. The number of anilines is 1. The molecule has 3 rings (SSSR count). The molecular formula is C25H33ClN4O2. The lowest BCUT2D eigenvalue weighted by Crippen LogP contribution is -2.47. The molecule has 1 aliphatic heterocycles. The number of nitrogens with one attached hydrogen (secondary N) is 2. The maximum Gasteiger partial charge on any atom is 0.253 e. The molecule has 2 amide bonds. The molecule has 0 bridgehead atoms. The Balaban J connectivity index is 1.57. The van der Waals surface area contributed by atoms with E-state index >= 15 is 0 Å². The molecule has 172 valence electrons. The summed E-state index contributed by atoms with van der Waals surface area (Å²) in [6.07, 6.45) is 0. The van der Waals surface area contributed by atoms with Gasteiger partial charge in [-0.2, -0.15) is 0 Å². The largest absolute Gasteiger partial charge is 0.340 e. The van der Waals surface area contributed by atoms with Gasteiger partial charge >= 0.3 is 0 Å². The average Bonchev–Trinajstić information content (AvgIpc) is 2.79. The van der Waals surface area contributed by atoms with E-state index in [1.54, 1.807) is 24.3 Å². The molecule has 1 saturated heterocycles. The summed E-state index contributed by atoms with van der Waals surface area (Å²) in [5.41, 5.74) is 2.30. The van der Waals surface area contributed by atoms with Gasteiger partial charge in [0, 0.05) is 38.4 Å². The molecule has 1 heterocycles. The van der Waals surface area contributed by atoms with Crippen LogP contribution in [0, 0.1) is 5.92 Å². The number of hydrogen-bond donors (Lipinski definition) is 2. The van der Waals surface area contributed by atoms with Gasteiger partial charge in [0.2, 0.25) is 5.91 Å². The van der Waals surface area contributed by atoms with Crippen LogP contribution in [0.15, 0.2) is 48.5 Å². The summed E-state index contributed by atoms with van der Waals surface area (Å²) >= 11 is 6.12. The van der Waals surface area contributed by atoms with Crippen LogP contribution in [-0.2, 0) is 11.3 Å². The molecule has 1 atom stereocenters. The van der Waals surface area contributed by atoms with E-state index in [0.717, 1.165) is 39.3 Å². The normalized spacial score (nSPS) is 16.0. The molecule has 0 aromatic heterocycles. The van der Waals surface area contributed by atoms with Gasteiger partial charge in [0.15, 0.2) is 0 Å². The second-order valence-corrected chi connectivity index (χ2v) is 8.98. The number of likely N-dealkylation sites (N-methyl/N-ethyl adjacent to an activating group) is 1. The third kappa shape index (κ3) is 6.55. The van der Waals surface area contributed by atoms with Gasteiger partial charge < -0.3 is 15.5 Å². The monoisotopic (exact) mass is 456 g/mol. The molecule has 0 aliphatic carbocycles. The summed E-state index contributed by atoms with van der Waals surface area (Å²) in [6, 6.07) is 14.1. The second kappa shape index (κ2) is 11.5. The Bertz CT molecular complexity index is 908. The molecule has 2 aromatic carbocycles. The van der Waals surface area contributed by atoms with E-state index in [4.69, 9.17) is 11.6 Å². The molecule has 0 saturated carbocycles. The molecule has 6 nitrogen and oxygen atoms in total. The van der Waals surface area contributed by atoms with Crippen molar-refractivity contribution >= 4 is 29.1 Å². The summed E-state index contributed by atoms with van der Waals surface area (Å²) in [4.78, 5) is 30.4. The van der Waals surface area contributed by atoms with Crippen molar-refractivity contribution in [3.63, 3.8) is 0 Å². The van der Waals surface area contributed by atoms with Crippen LogP contribution < -0.4 is 10.6 Å². The van der Waals surface area contributed by atoms with E-state index in [1.165, 1.54) is 5.56 Å². The van der Waals surface area contributed by atoms with Gasteiger partial charge in [-0.05, 0) is 42.3 Å². The van der Waals surface area contributed by atoms with Crippen molar-refractivity contribution in [1.82, 2.24) is 15.1 Å². The Kier molecular flexibility index (Phi) is 8.67. The highest BCUT2D eigenvalue weighted by Gasteiger charge is 2.25. The van der Waals surface area contributed by atoms with Gasteiger partial charge in [-0.15, -0.1) is 0 Å². The van der Waals surface area contributed by atoms with E-state index < -0.39 is 6.04 Å². The number of piperazine rings is 1. The van der Waals surface area contributed by atoms with Gasteiger partial charge in [-0.3, -0.25) is 14.5 Å². The van der Waals surface area contributed by atoms with Crippen LogP contribution in [0.1, 0.15) is 36.7 Å². The molecule has 2 N–H and O–H groups in total. The first kappa shape index (κ1) is 24.2. The number of benzene rings is 2. The highest BCUT2D eigenvalue weighted by molar-refractivity contribution is 6.33. The number of amides is 2. The Morgan fingerprint density at radius 2 is 1.59 bits per heavy atom. The minimum Gasteiger partial charge on any atom is -0.340 e. The second-order valence-electron chi connectivity index (χ2n) is 8.57. The maximum absolute atomic E-state index is 12.9. The minimum absolute atomic E-state index is 0.0810. The lowest BCUT2D eigenvalue weighted by molar-refractivity contribution is -0.118. The Morgan fingerprint density at radius 1 is 0.969 bits per heavy atom. The molecule has 1 fully saturated rings. The van der Waals surface area contributed by atoms with Crippen LogP contribution in [0.25, 0.3) is 0 Å². The zero-order chi connectivity index (χ0) is 23.1. The topological polar surface area (TPSA) is 64.7 Å². The van der Waals surface area contributed by atoms with Crippen molar-refractivity contribution in [3.8, 4) is 0 Å². The fourth-order valence-corrected chi connectivity index (χ4v) is 4.06. The molecule has 1 unspecified atom stereocenters. The first-order valence-corrected chi connectivity index (χ1v) is 11.6. The third-order valence-electron chi connectivity index (χ3n) is 5.89. The summed E-state index contributed by atoms with van der Waals surface area (Å²) in [6.45, 7) is 12.4. The standard InChI is InChI=1S/C25H33ClN4O2/c1-4-29-13-15-30(16-14-29)17-19-9-11-20(12-10-19)27-25(32)23(18(2)3)28-24(31)21-7-5-6-8-22(21)26/h5-12,18,23H,4,13-17H2,1-3H3,(H,27,32)(H,28,31). The van der Waals surface area contributed by atoms with Crippen LogP contribution in [0.5, 0.6) is 0 Å². The highest BCUT2D eigenvalue weighted by atomic mass is 35.5. The smallest absolute Gasteiger partial charge is 0.253 e.